The van der Waals surface area contributed by atoms with Gasteiger partial charge in [0.1, 0.15) is 5.69 Å². The fraction of sp³-hybridized carbons (Fsp3) is 0.111. The molecule has 0 aliphatic carbocycles. The quantitative estimate of drug-likeness (QED) is 0.709. The second-order valence-electron chi connectivity index (χ2n) is 2.70. The molecule has 0 unspecified atom stereocenters. The topological polar surface area (TPSA) is 58.9 Å². The molecule has 0 aliphatic heterocycles. The van der Waals surface area contributed by atoms with Gasteiger partial charge in [0.2, 0.25) is 0 Å². The molecule has 0 radical (unpaired) electrons. The van der Waals surface area contributed by atoms with E-state index in [0.29, 0.717) is 17.8 Å². The number of aromatic nitrogens is 2. The number of H-pyrrole nitrogens is 1. The Morgan fingerprint density at radius 1 is 1.54 bits per heavy atom. The third kappa shape index (κ3) is 1.26. The van der Waals surface area contributed by atoms with Crippen LogP contribution in [0.25, 0.3) is 11.5 Å². The molecular formula is C9H8N2O2. The summed E-state index contributed by atoms with van der Waals surface area (Å²) in [7, 11) is 0. The van der Waals surface area contributed by atoms with Crippen LogP contribution in [-0.4, -0.2) is 16.3 Å². The van der Waals surface area contributed by atoms with Crippen molar-refractivity contribution in [3.05, 3.63) is 29.9 Å². The number of rotatable bonds is 2. The van der Waals surface area contributed by atoms with Crippen molar-refractivity contribution in [1.29, 1.82) is 0 Å². The molecular weight excluding hydrogens is 168 g/mol. The van der Waals surface area contributed by atoms with Crippen molar-refractivity contribution < 1.29 is 9.21 Å². The molecule has 13 heavy (non-hydrogen) atoms. The minimum Gasteiger partial charge on any atom is -0.452 e. The maximum Gasteiger partial charge on any atom is 0.185 e. The van der Waals surface area contributed by atoms with Gasteiger partial charge in [0.05, 0.1) is 6.33 Å². The van der Waals surface area contributed by atoms with Crippen LogP contribution in [0.15, 0.2) is 22.9 Å². The van der Waals surface area contributed by atoms with Gasteiger partial charge < -0.3 is 9.40 Å². The van der Waals surface area contributed by atoms with E-state index < -0.39 is 0 Å². The molecule has 0 aliphatic rings. The molecule has 0 atom stereocenters. The Morgan fingerprint density at radius 3 is 2.92 bits per heavy atom. The Hall–Kier alpha value is -1.84. The lowest BCUT2D eigenvalue weighted by molar-refractivity contribution is 0.110. The summed E-state index contributed by atoms with van der Waals surface area (Å²) in [5.74, 6) is 0.929. The van der Waals surface area contributed by atoms with Gasteiger partial charge in [-0.15, -0.1) is 0 Å². The van der Waals surface area contributed by atoms with Crippen LogP contribution in [0.4, 0.5) is 0 Å². The minimum atomic E-state index is 0.317. The Labute approximate surface area is 74.6 Å². The molecule has 66 valence electrons. The van der Waals surface area contributed by atoms with Gasteiger partial charge in [0.15, 0.2) is 17.8 Å². The fourth-order valence-electron chi connectivity index (χ4n) is 1.15. The van der Waals surface area contributed by atoms with E-state index in [-0.39, 0.29) is 0 Å². The number of aldehydes is 1. The van der Waals surface area contributed by atoms with Crippen LogP contribution in [0.2, 0.25) is 0 Å². The number of furan rings is 1. The minimum absolute atomic E-state index is 0.317. The molecule has 2 aromatic heterocycles. The highest BCUT2D eigenvalue weighted by Crippen LogP contribution is 2.21. The highest BCUT2D eigenvalue weighted by molar-refractivity contribution is 5.72. The molecule has 0 saturated carbocycles. The maximum atomic E-state index is 10.4. The first-order valence-electron chi connectivity index (χ1n) is 3.86. The molecule has 0 fully saturated rings. The SMILES string of the molecule is Cc1[nH]cnc1-c1ccc(C=O)o1. The Morgan fingerprint density at radius 2 is 2.38 bits per heavy atom. The second-order valence-corrected chi connectivity index (χ2v) is 2.70. The lowest BCUT2D eigenvalue weighted by atomic mass is 10.3. The molecule has 4 heteroatoms. The summed E-state index contributed by atoms with van der Waals surface area (Å²) in [4.78, 5) is 17.4. The molecule has 2 aromatic rings. The first-order chi connectivity index (χ1) is 6.31. The Kier molecular flexibility index (Phi) is 1.73. The average Bonchev–Trinajstić information content (AvgIpc) is 2.71. The summed E-state index contributed by atoms with van der Waals surface area (Å²) < 4.78 is 5.21. The number of aromatic amines is 1. The van der Waals surface area contributed by atoms with E-state index in [1.54, 1.807) is 18.5 Å². The zero-order valence-electron chi connectivity index (χ0n) is 7.07. The Bertz CT molecular complexity index is 428. The largest absolute Gasteiger partial charge is 0.452 e. The van der Waals surface area contributed by atoms with Crippen molar-refractivity contribution >= 4 is 6.29 Å². The van der Waals surface area contributed by atoms with Crippen LogP contribution in [-0.2, 0) is 0 Å². The maximum absolute atomic E-state index is 10.4. The van der Waals surface area contributed by atoms with Crippen LogP contribution in [0.5, 0.6) is 0 Å². The number of carbonyl (C=O) groups is 1. The van der Waals surface area contributed by atoms with E-state index in [4.69, 9.17) is 4.42 Å². The van der Waals surface area contributed by atoms with Crippen LogP contribution in [0.1, 0.15) is 16.2 Å². The first-order valence-corrected chi connectivity index (χ1v) is 3.86. The number of hydrogen-bond donors (Lipinski definition) is 1. The summed E-state index contributed by atoms with van der Waals surface area (Å²) in [5, 5.41) is 0. The number of nitrogens with one attached hydrogen (secondary N) is 1. The summed E-state index contributed by atoms with van der Waals surface area (Å²) in [6.45, 7) is 1.89. The second kappa shape index (κ2) is 2.90. The summed E-state index contributed by atoms with van der Waals surface area (Å²) in [6, 6.07) is 3.35. The third-order valence-corrected chi connectivity index (χ3v) is 1.81. The van der Waals surface area contributed by atoms with Crippen LogP contribution in [0, 0.1) is 6.92 Å². The van der Waals surface area contributed by atoms with Gasteiger partial charge in [-0.05, 0) is 19.1 Å². The van der Waals surface area contributed by atoms with Crippen LogP contribution in [0.3, 0.4) is 0 Å². The highest BCUT2D eigenvalue weighted by atomic mass is 16.3. The van der Waals surface area contributed by atoms with Crippen molar-refractivity contribution in [2.24, 2.45) is 0 Å². The van der Waals surface area contributed by atoms with Gasteiger partial charge in [-0.2, -0.15) is 0 Å². The molecule has 2 rings (SSSR count). The molecule has 0 saturated heterocycles. The molecule has 0 aromatic carbocycles. The van der Waals surface area contributed by atoms with Crippen molar-refractivity contribution in [2.45, 2.75) is 6.92 Å². The lowest BCUT2D eigenvalue weighted by Gasteiger charge is -1.90. The van der Waals surface area contributed by atoms with Gasteiger partial charge in [-0.3, -0.25) is 4.79 Å². The smallest absolute Gasteiger partial charge is 0.185 e. The average molecular weight is 176 g/mol. The van der Waals surface area contributed by atoms with Crippen molar-refractivity contribution in [2.75, 3.05) is 0 Å². The predicted octanol–water partition coefficient (Wildman–Crippen LogP) is 1.79. The monoisotopic (exact) mass is 176 g/mol. The molecule has 1 N–H and O–H groups in total. The van der Waals surface area contributed by atoms with E-state index in [1.165, 1.54) is 0 Å². The molecule has 0 amide bonds. The normalized spacial score (nSPS) is 10.2. The molecule has 2 heterocycles. The van der Waals surface area contributed by atoms with Crippen molar-refractivity contribution in [3.63, 3.8) is 0 Å². The fourth-order valence-corrected chi connectivity index (χ4v) is 1.15. The van der Waals surface area contributed by atoms with Crippen molar-refractivity contribution in [1.82, 2.24) is 9.97 Å². The number of aryl methyl sites for hydroxylation is 1. The zero-order valence-corrected chi connectivity index (χ0v) is 7.07. The van der Waals surface area contributed by atoms with Gasteiger partial charge in [-0.25, -0.2) is 4.98 Å². The van der Waals surface area contributed by atoms with E-state index in [2.05, 4.69) is 9.97 Å². The third-order valence-electron chi connectivity index (χ3n) is 1.81. The van der Waals surface area contributed by atoms with Gasteiger partial charge in [-0.1, -0.05) is 0 Å². The molecule has 0 bridgehead atoms. The number of nitrogens with zero attached hydrogens (tertiary/aromatic N) is 1. The summed E-state index contributed by atoms with van der Waals surface area (Å²) >= 11 is 0. The molecule has 0 spiro atoms. The highest BCUT2D eigenvalue weighted by Gasteiger charge is 2.08. The van der Waals surface area contributed by atoms with E-state index >= 15 is 0 Å². The predicted molar refractivity (Wildman–Crippen MR) is 46.4 cm³/mol. The first kappa shape index (κ1) is 7.79. The van der Waals surface area contributed by atoms with Gasteiger partial charge >= 0.3 is 0 Å². The lowest BCUT2D eigenvalue weighted by Crippen LogP contribution is -1.77. The van der Waals surface area contributed by atoms with Crippen molar-refractivity contribution in [3.8, 4) is 11.5 Å². The number of carbonyl (C=O) groups excluding carboxylic acids is 1. The summed E-state index contributed by atoms with van der Waals surface area (Å²) in [6.07, 6.45) is 2.26. The van der Waals surface area contributed by atoms with Crippen LogP contribution < -0.4 is 0 Å². The van der Waals surface area contributed by atoms with Crippen LogP contribution >= 0.6 is 0 Å². The van der Waals surface area contributed by atoms with E-state index in [0.717, 1.165) is 11.4 Å². The van der Waals surface area contributed by atoms with Gasteiger partial charge in [0.25, 0.3) is 0 Å². The van der Waals surface area contributed by atoms with E-state index in [9.17, 15) is 4.79 Å². The van der Waals surface area contributed by atoms with Gasteiger partial charge in [0, 0.05) is 5.69 Å². The molecule has 4 nitrogen and oxygen atoms in total. The number of hydrogen-bond acceptors (Lipinski definition) is 3. The Balaban J connectivity index is 2.46. The number of imidazole rings is 1. The van der Waals surface area contributed by atoms with E-state index in [1.807, 2.05) is 6.92 Å². The summed E-state index contributed by atoms with van der Waals surface area (Å²) in [5.41, 5.74) is 1.67. The zero-order chi connectivity index (χ0) is 9.26. The standard InChI is InChI=1S/C9H8N2O2/c1-6-9(11-5-10-6)8-3-2-7(4-12)13-8/h2-5H,1H3,(H,10,11).